The number of nitrogen functional groups attached to an aromatic ring is 1. The van der Waals surface area contributed by atoms with Gasteiger partial charge in [-0.25, -0.2) is 14.8 Å². The summed E-state index contributed by atoms with van der Waals surface area (Å²) in [5.74, 6) is -0.287. The summed E-state index contributed by atoms with van der Waals surface area (Å²) in [6.07, 6.45) is 0.712. The number of pyridine rings is 2. The van der Waals surface area contributed by atoms with Gasteiger partial charge in [-0.2, -0.15) is 0 Å². The zero-order chi connectivity index (χ0) is 21.1. The molecule has 0 fully saturated rings. The molecule has 2 heterocycles. The molecule has 2 aromatic heterocycles. The van der Waals surface area contributed by atoms with Crippen molar-refractivity contribution in [1.29, 1.82) is 0 Å². The highest BCUT2D eigenvalue weighted by atomic mass is 16.6. The standard InChI is InChI=1S/C19H23N5O4/c1-11-12(10-15(25)21-5)9-14(23-18(27)28-19(2,3)4)16(22-11)24-8-6-7-13(20)17(24)26/h6-9H,5,10,20H2,1-4H3,(H,23,27). The Kier molecular flexibility index (Phi) is 5.97. The number of carbonyl (C=O) groups excluding carboxylic acids is 2. The quantitative estimate of drug-likeness (QED) is 0.777. The molecule has 0 atom stereocenters. The van der Waals surface area contributed by atoms with Crippen LogP contribution in [0.15, 0.2) is 34.2 Å². The number of anilines is 2. The molecule has 9 nitrogen and oxygen atoms in total. The first kappa shape index (κ1) is 20.8. The molecule has 2 aromatic rings. The van der Waals surface area contributed by atoms with Crippen molar-refractivity contribution in [3.8, 4) is 5.82 Å². The minimum absolute atomic E-state index is 0.0280. The predicted molar refractivity (Wildman–Crippen MR) is 107 cm³/mol. The van der Waals surface area contributed by atoms with Crippen molar-refractivity contribution in [2.75, 3.05) is 11.1 Å². The molecule has 148 valence electrons. The van der Waals surface area contributed by atoms with Gasteiger partial charge >= 0.3 is 6.09 Å². The van der Waals surface area contributed by atoms with Crippen molar-refractivity contribution in [2.45, 2.75) is 39.7 Å². The van der Waals surface area contributed by atoms with Crippen LogP contribution in [-0.2, 0) is 16.0 Å². The van der Waals surface area contributed by atoms with E-state index in [2.05, 4.69) is 22.0 Å². The predicted octanol–water partition coefficient (Wildman–Crippen LogP) is 2.24. The Balaban J connectivity index is 2.59. The van der Waals surface area contributed by atoms with Gasteiger partial charge in [0.2, 0.25) is 5.91 Å². The Morgan fingerprint density at radius 1 is 1.39 bits per heavy atom. The van der Waals surface area contributed by atoms with Crippen molar-refractivity contribution in [3.63, 3.8) is 0 Å². The van der Waals surface area contributed by atoms with Crippen LogP contribution >= 0.6 is 0 Å². The lowest BCUT2D eigenvalue weighted by atomic mass is 10.1. The topological polar surface area (TPSA) is 129 Å². The third kappa shape index (κ3) is 5.03. The van der Waals surface area contributed by atoms with Crippen LogP contribution in [0, 0.1) is 6.92 Å². The van der Waals surface area contributed by atoms with E-state index in [1.807, 2.05) is 0 Å². The summed E-state index contributed by atoms with van der Waals surface area (Å²) in [6.45, 7) is 10.1. The number of amides is 2. The Morgan fingerprint density at radius 3 is 2.68 bits per heavy atom. The van der Waals surface area contributed by atoms with Crippen LogP contribution in [0.3, 0.4) is 0 Å². The lowest BCUT2D eigenvalue weighted by Crippen LogP contribution is -2.29. The number of rotatable bonds is 4. The summed E-state index contributed by atoms with van der Waals surface area (Å²) in [4.78, 5) is 44.1. The van der Waals surface area contributed by atoms with Gasteiger partial charge in [0.25, 0.3) is 5.56 Å². The summed E-state index contributed by atoms with van der Waals surface area (Å²) in [5.41, 5.74) is 5.75. The highest BCUT2D eigenvalue weighted by Gasteiger charge is 2.20. The van der Waals surface area contributed by atoms with Gasteiger partial charge in [-0.3, -0.25) is 19.5 Å². The van der Waals surface area contributed by atoms with Gasteiger partial charge < -0.3 is 10.5 Å². The number of nitrogens with zero attached hydrogens (tertiary/aromatic N) is 3. The van der Waals surface area contributed by atoms with Crippen LogP contribution in [0.2, 0.25) is 0 Å². The number of carbonyl (C=O) groups is 2. The number of hydrogen-bond acceptors (Lipinski definition) is 6. The second-order valence-electron chi connectivity index (χ2n) is 7.10. The SMILES string of the molecule is C=NC(=O)Cc1cc(NC(=O)OC(C)(C)C)c(-n2cccc(N)c2=O)nc1C. The minimum Gasteiger partial charge on any atom is -0.444 e. The molecule has 0 saturated heterocycles. The number of aliphatic imine (C=N–C) groups is 1. The average molecular weight is 385 g/mol. The van der Waals surface area contributed by atoms with Crippen LogP contribution in [0.1, 0.15) is 32.0 Å². The molecule has 0 aliphatic heterocycles. The van der Waals surface area contributed by atoms with Crippen LogP contribution in [0.25, 0.3) is 5.82 Å². The molecule has 0 aromatic carbocycles. The van der Waals surface area contributed by atoms with Gasteiger partial charge in [-0.05, 0) is 58.2 Å². The number of hydrogen-bond donors (Lipinski definition) is 2. The summed E-state index contributed by atoms with van der Waals surface area (Å²) in [7, 11) is 0. The van der Waals surface area contributed by atoms with E-state index >= 15 is 0 Å². The van der Waals surface area contributed by atoms with E-state index in [9.17, 15) is 14.4 Å². The fourth-order valence-corrected chi connectivity index (χ4v) is 2.40. The van der Waals surface area contributed by atoms with Crippen molar-refractivity contribution in [3.05, 3.63) is 46.0 Å². The van der Waals surface area contributed by atoms with E-state index in [4.69, 9.17) is 10.5 Å². The van der Waals surface area contributed by atoms with E-state index in [-0.39, 0.29) is 23.6 Å². The van der Waals surface area contributed by atoms with E-state index in [0.717, 1.165) is 0 Å². The highest BCUT2D eigenvalue weighted by Crippen LogP contribution is 2.23. The highest BCUT2D eigenvalue weighted by molar-refractivity contribution is 5.88. The lowest BCUT2D eigenvalue weighted by molar-refractivity contribution is -0.117. The molecule has 0 unspecified atom stereocenters. The summed E-state index contributed by atoms with van der Waals surface area (Å²) < 4.78 is 6.49. The fourth-order valence-electron chi connectivity index (χ4n) is 2.40. The Hall–Kier alpha value is -3.49. The normalized spacial score (nSPS) is 11.0. The fraction of sp³-hybridized carbons (Fsp3) is 0.316. The van der Waals surface area contributed by atoms with Gasteiger partial charge in [-0.1, -0.05) is 0 Å². The molecule has 0 aliphatic rings. The van der Waals surface area contributed by atoms with Gasteiger partial charge in [0.05, 0.1) is 17.8 Å². The number of nitrogens with two attached hydrogens (primary N) is 1. The largest absolute Gasteiger partial charge is 0.444 e. The van der Waals surface area contributed by atoms with Crippen molar-refractivity contribution >= 4 is 30.1 Å². The number of nitrogens with one attached hydrogen (secondary N) is 1. The Morgan fingerprint density at radius 2 is 2.07 bits per heavy atom. The number of ether oxygens (including phenoxy) is 1. The summed E-state index contributed by atoms with van der Waals surface area (Å²) in [5, 5.41) is 2.59. The maximum absolute atomic E-state index is 12.4. The van der Waals surface area contributed by atoms with Crippen LogP contribution < -0.4 is 16.6 Å². The molecule has 0 saturated carbocycles. The van der Waals surface area contributed by atoms with E-state index in [1.54, 1.807) is 39.8 Å². The van der Waals surface area contributed by atoms with Crippen LogP contribution in [-0.4, -0.2) is 33.9 Å². The van der Waals surface area contributed by atoms with Crippen molar-refractivity contribution in [1.82, 2.24) is 9.55 Å². The van der Waals surface area contributed by atoms with E-state index < -0.39 is 23.2 Å². The van der Waals surface area contributed by atoms with E-state index in [1.165, 1.54) is 16.8 Å². The molecule has 28 heavy (non-hydrogen) atoms. The maximum atomic E-state index is 12.4. The maximum Gasteiger partial charge on any atom is 0.412 e. The second kappa shape index (κ2) is 8.03. The van der Waals surface area contributed by atoms with Gasteiger partial charge in [0, 0.05) is 11.9 Å². The van der Waals surface area contributed by atoms with Crippen molar-refractivity contribution < 1.29 is 14.3 Å². The van der Waals surface area contributed by atoms with Crippen LogP contribution in [0.4, 0.5) is 16.2 Å². The van der Waals surface area contributed by atoms with Crippen LogP contribution in [0.5, 0.6) is 0 Å². The smallest absolute Gasteiger partial charge is 0.412 e. The van der Waals surface area contributed by atoms with Crippen molar-refractivity contribution in [2.24, 2.45) is 4.99 Å². The average Bonchev–Trinajstić information content (AvgIpc) is 2.58. The zero-order valence-corrected chi connectivity index (χ0v) is 16.3. The molecule has 2 amide bonds. The first-order valence-corrected chi connectivity index (χ1v) is 8.49. The van der Waals surface area contributed by atoms with E-state index in [0.29, 0.717) is 11.3 Å². The molecule has 0 spiro atoms. The lowest BCUT2D eigenvalue weighted by Gasteiger charge is -2.21. The zero-order valence-electron chi connectivity index (χ0n) is 16.3. The molecule has 0 radical (unpaired) electrons. The minimum atomic E-state index is -0.726. The number of aryl methyl sites for hydroxylation is 1. The molecular weight excluding hydrogens is 362 g/mol. The summed E-state index contributed by atoms with van der Waals surface area (Å²) >= 11 is 0. The molecule has 2 rings (SSSR count). The third-order valence-electron chi connectivity index (χ3n) is 3.66. The number of aromatic nitrogens is 2. The van der Waals surface area contributed by atoms with Gasteiger partial charge in [0.1, 0.15) is 5.60 Å². The molecular formula is C19H23N5O4. The Labute approximate surface area is 162 Å². The molecule has 0 aliphatic carbocycles. The molecule has 3 N–H and O–H groups in total. The summed E-state index contributed by atoms with van der Waals surface area (Å²) in [6, 6.07) is 4.61. The first-order valence-electron chi connectivity index (χ1n) is 8.49. The van der Waals surface area contributed by atoms with Gasteiger partial charge in [0.15, 0.2) is 5.82 Å². The molecule has 9 heteroatoms. The monoisotopic (exact) mass is 385 g/mol. The Bertz CT molecular complexity index is 989. The third-order valence-corrected chi connectivity index (χ3v) is 3.66. The van der Waals surface area contributed by atoms with Gasteiger partial charge in [-0.15, -0.1) is 0 Å². The molecule has 0 bridgehead atoms. The first-order chi connectivity index (χ1) is 13.0. The second-order valence-corrected chi connectivity index (χ2v) is 7.10.